The lowest BCUT2D eigenvalue weighted by molar-refractivity contribution is -0.302. The van der Waals surface area contributed by atoms with Gasteiger partial charge in [0.2, 0.25) is 5.91 Å². The second-order valence-corrected chi connectivity index (χ2v) is 14.8. The van der Waals surface area contributed by atoms with Crippen molar-refractivity contribution in [1.82, 2.24) is 5.32 Å². The van der Waals surface area contributed by atoms with Gasteiger partial charge in [0.25, 0.3) is 0 Å². The van der Waals surface area contributed by atoms with Gasteiger partial charge in [-0.3, -0.25) is 4.79 Å². The van der Waals surface area contributed by atoms with Gasteiger partial charge < -0.3 is 40.3 Å². The molecule has 0 aromatic heterocycles. The Morgan fingerprint density at radius 2 is 1.14 bits per heavy atom. The van der Waals surface area contributed by atoms with Crippen molar-refractivity contribution < 1.29 is 39.8 Å². The molecule has 1 rings (SSSR count). The molecule has 0 bridgehead atoms. The molecule has 2 unspecified atom stereocenters. The van der Waals surface area contributed by atoms with Crippen LogP contribution in [0.15, 0.2) is 24.3 Å². The van der Waals surface area contributed by atoms with E-state index in [1.54, 1.807) is 12.2 Å². The summed E-state index contributed by atoms with van der Waals surface area (Å²) >= 11 is 0. The number of carbonyl (C=O) groups is 1. The highest BCUT2D eigenvalue weighted by Gasteiger charge is 2.44. The summed E-state index contributed by atoms with van der Waals surface area (Å²) in [5, 5.41) is 53.9. The fraction of sp³-hybridized carbons (Fsp3) is 0.881. The number of hydrogen-bond donors (Lipinski definition) is 6. The Balaban J connectivity index is 2.39. The molecule has 0 spiro atoms. The fourth-order valence-electron chi connectivity index (χ4n) is 6.62. The van der Waals surface area contributed by atoms with Gasteiger partial charge in [-0.15, -0.1) is 0 Å². The summed E-state index contributed by atoms with van der Waals surface area (Å²) in [6, 6.07) is -0.830. The molecular formula is C42H79NO8. The third kappa shape index (κ3) is 24.6. The van der Waals surface area contributed by atoms with E-state index in [2.05, 4.69) is 25.2 Å². The summed E-state index contributed by atoms with van der Waals surface area (Å²) in [4.78, 5) is 12.9. The van der Waals surface area contributed by atoms with Crippen LogP contribution in [0.4, 0.5) is 0 Å². The van der Waals surface area contributed by atoms with E-state index < -0.39 is 49.5 Å². The first kappa shape index (κ1) is 47.7. The largest absolute Gasteiger partial charge is 0.394 e. The second-order valence-electron chi connectivity index (χ2n) is 14.8. The first-order valence-electron chi connectivity index (χ1n) is 21.1. The lowest BCUT2D eigenvalue weighted by Crippen LogP contribution is -2.60. The van der Waals surface area contributed by atoms with Crippen LogP contribution in [0.2, 0.25) is 0 Å². The standard InChI is InChI=1S/C42H79NO8/c1-3-5-7-9-11-13-15-16-17-18-19-20-22-24-26-28-30-32-38(46)43-35(34-50-42-41(49)40(48)39(47)37(33-44)51-42)36(45)31-29-27-25-23-21-14-12-10-8-6-4-2/h25,27,29,31,35-37,39-42,44-45,47-49H,3-24,26,28,30,32-34H2,1-2H3,(H,43,46)/b27-25+,31-29+/t35-,36+,37+,39+,40?,41?,42+/m0/s1. The minimum Gasteiger partial charge on any atom is -0.394 e. The van der Waals surface area contributed by atoms with E-state index in [9.17, 15) is 30.3 Å². The van der Waals surface area contributed by atoms with Crippen molar-refractivity contribution in [3.63, 3.8) is 0 Å². The first-order valence-corrected chi connectivity index (χ1v) is 21.1. The number of aliphatic hydroxyl groups excluding tert-OH is 5. The van der Waals surface area contributed by atoms with Gasteiger partial charge in [0, 0.05) is 6.42 Å². The summed E-state index contributed by atoms with van der Waals surface area (Å²) < 4.78 is 11.1. The summed E-state index contributed by atoms with van der Waals surface area (Å²) in [7, 11) is 0. The van der Waals surface area contributed by atoms with Gasteiger partial charge in [0.15, 0.2) is 6.29 Å². The van der Waals surface area contributed by atoms with Crippen LogP contribution in [0.5, 0.6) is 0 Å². The van der Waals surface area contributed by atoms with E-state index in [0.29, 0.717) is 6.42 Å². The lowest BCUT2D eigenvalue weighted by Gasteiger charge is -2.40. The van der Waals surface area contributed by atoms with Crippen LogP contribution in [0.3, 0.4) is 0 Å². The number of aliphatic hydroxyl groups is 5. The van der Waals surface area contributed by atoms with Crippen LogP contribution in [0.25, 0.3) is 0 Å². The number of allylic oxidation sites excluding steroid dienone is 3. The zero-order valence-electron chi connectivity index (χ0n) is 32.6. The molecule has 1 heterocycles. The molecule has 6 N–H and O–H groups in total. The van der Waals surface area contributed by atoms with Crippen molar-refractivity contribution in [2.24, 2.45) is 0 Å². The van der Waals surface area contributed by atoms with E-state index in [1.807, 2.05) is 6.08 Å². The smallest absolute Gasteiger partial charge is 0.220 e. The van der Waals surface area contributed by atoms with Gasteiger partial charge in [-0.05, 0) is 19.3 Å². The summed E-state index contributed by atoms with van der Waals surface area (Å²) in [5.74, 6) is -0.194. The molecule has 300 valence electrons. The molecule has 0 aromatic carbocycles. The number of nitrogens with one attached hydrogen (secondary N) is 1. The van der Waals surface area contributed by atoms with E-state index >= 15 is 0 Å². The molecular weight excluding hydrogens is 646 g/mol. The van der Waals surface area contributed by atoms with Crippen LogP contribution < -0.4 is 5.32 Å². The molecule has 1 amide bonds. The summed E-state index contributed by atoms with van der Waals surface area (Å²) in [6.07, 6.45) is 30.9. The molecule has 1 aliphatic heterocycles. The molecule has 1 aliphatic rings. The van der Waals surface area contributed by atoms with Crippen molar-refractivity contribution in [1.29, 1.82) is 0 Å². The van der Waals surface area contributed by atoms with Crippen molar-refractivity contribution in [3.05, 3.63) is 24.3 Å². The third-order valence-corrected chi connectivity index (χ3v) is 10.1. The molecule has 0 saturated carbocycles. The second kappa shape index (κ2) is 33.3. The highest BCUT2D eigenvalue weighted by molar-refractivity contribution is 5.76. The number of hydrogen-bond acceptors (Lipinski definition) is 8. The molecule has 0 radical (unpaired) electrons. The molecule has 51 heavy (non-hydrogen) atoms. The number of unbranched alkanes of at least 4 members (excludes halogenated alkanes) is 23. The molecule has 0 aliphatic carbocycles. The Bertz CT molecular complexity index is 853. The van der Waals surface area contributed by atoms with Gasteiger partial charge in [0.05, 0.1) is 25.4 Å². The van der Waals surface area contributed by atoms with Crippen molar-refractivity contribution >= 4 is 5.91 Å². The number of carbonyl (C=O) groups excluding carboxylic acids is 1. The first-order chi connectivity index (χ1) is 24.8. The number of amides is 1. The molecule has 7 atom stereocenters. The van der Waals surface area contributed by atoms with Crippen LogP contribution >= 0.6 is 0 Å². The normalized spacial score (nSPS) is 22.2. The minimum atomic E-state index is -1.57. The monoisotopic (exact) mass is 726 g/mol. The molecule has 1 saturated heterocycles. The van der Waals surface area contributed by atoms with E-state index in [0.717, 1.165) is 32.1 Å². The van der Waals surface area contributed by atoms with Crippen molar-refractivity contribution in [2.75, 3.05) is 13.2 Å². The SMILES string of the molecule is CCCCCCCCC/C=C/C=C/[C@@H](O)[C@H](CO[C@@H]1O[C@H](CO)[C@@H](O)C(O)C1O)NC(=O)CCCCCCCCCCCCCCCCCCC. The van der Waals surface area contributed by atoms with E-state index in [1.165, 1.54) is 128 Å². The third-order valence-electron chi connectivity index (χ3n) is 10.1. The van der Waals surface area contributed by atoms with Gasteiger partial charge in [-0.25, -0.2) is 0 Å². The van der Waals surface area contributed by atoms with Crippen molar-refractivity contribution in [2.45, 2.75) is 224 Å². The van der Waals surface area contributed by atoms with E-state index in [-0.39, 0.29) is 12.5 Å². The van der Waals surface area contributed by atoms with Gasteiger partial charge in [-0.2, -0.15) is 0 Å². The Hall–Kier alpha value is -1.33. The quantitative estimate of drug-likeness (QED) is 0.0289. The highest BCUT2D eigenvalue weighted by Crippen LogP contribution is 2.22. The maximum absolute atomic E-state index is 12.9. The minimum absolute atomic E-state index is 0.194. The Labute approximate surface area is 311 Å². The van der Waals surface area contributed by atoms with Crippen LogP contribution in [0.1, 0.15) is 181 Å². The average molecular weight is 726 g/mol. The van der Waals surface area contributed by atoms with Crippen LogP contribution in [0, 0.1) is 0 Å². The van der Waals surface area contributed by atoms with Crippen molar-refractivity contribution in [3.8, 4) is 0 Å². The molecule has 0 aromatic rings. The maximum Gasteiger partial charge on any atom is 0.220 e. The van der Waals surface area contributed by atoms with Gasteiger partial charge in [0.1, 0.15) is 24.4 Å². The highest BCUT2D eigenvalue weighted by atomic mass is 16.7. The Morgan fingerprint density at radius 1 is 0.667 bits per heavy atom. The lowest BCUT2D eigenvalue weighted by atomic mass is 9.99. The molecule has 1 fully saturated rings. The van der Waals surface area contributed by atoms with Crippen LogP contribution in [-0.2, 0) is 14.3 Å². The van der Waals surface area contributed by atoms with Gasteiger partial charge in [-0.1, -0.05) is 179 Å². The molecule has 9 heteroatoms. The topological polar surface area (TPSA) is 149 Å². The van der Waals surface area contributed by atoms with E-state index in [4.69, 9.17) is 9.47 Å². The summed E-state index contributed by atoms with van der Waals surface area (Å²) in [6.45, 7) is 3.71. The maximum atomic E-state index is 12.9. The number of ether oxygens (including phenoxy) is 2. The summed E-state index contributed by atoms with van der Waals surface area (Å²) in [5.41, 5.74) is 0. The Morgan fingerprint density at radius 3 is 1.63 bits per heavy atom. The predicted octanol–water partition coefficient (Wildman–Crippen LogP) is 7.94. The average Bonchev–Trinajstić information content (AvgIpc) is 3.13. The molecule has 9 nitrogen and oxygen atoms in total. The van der Waals surface area contributed by atoms with Gasteiger partial charge >= 0.3 is 0 Å². The fourth-order valence-corrected chi connectivity index (χ4v) is 6.62. The Kier molecular flexibility index (Phi) is 31.1. The zero-order valence-corrected chi connectivity index (χ0v) is 32.6. The number of rotatable bonds is 34. The zero-order chi connectivity index (χ0) is 37.4. The predicted molar refractivity (Wildman–Crippen MR) is 207 cm³/mol. The van der Waals surface area contributed by atoms with Crippen LogP contribution in [-0.4, -0.2) is 87.5 Å².